The van der Waals surface area contributed by atoms with Gasteiger partial charge in [-0.1, -0.05) is 5.16 Å². The number of aryl methyl sites for hydroxylation is 1. The molecule has 2 N–H and O–H groups in total. The predicted molar refractivity (Wildman–Crippen MR) is 64.2 cm³/mol. The Kier molecular flexibility index (Phi) is 3.55. The number of carboxylic acids is 1. The van der Waals surface area contributed by atoms with E-state index in [0.29, 0.717) is 5.82 Å². The van der Waals surface area contributed by atoms with E-state index >= 15 is 0 Å². The van der Waals surface area contributed by atoms with Crippen LogP contribution < -0.4 is 5.32 Å². The normalized spacial score (nSPS) is 10.2. The maximum absolute atomic E-state index is 10.9. The SMILES string of the molecule is Cc1noc(CNc2ncc(C(=O)O)cc2[N+](=O)[O-])n1. The van der Waals surface area contributed by atoms with E-state index in [1.165, 1.54) is 0 Å². The van der Waals surface area contributed by atoms with Gasteiger partial charge in [-0.2, -0.15) is 4.98 Å². The van der Waals surface area contributed by atoms with Crippen LogP contribution in [0.15, 0.2) is 16.8 Å². The fraction of sp³-hybridized carbons (Fsp3) is 0.200. The molecule has 0 fully saturated rings. The molecule has 0 aliphatic rings. The zero-order valence-electron chi connectivity index (χ0n) is 10.2. The lowest BCUT2D eigenvalue weighted by Crippen LogP contribution is -2.07. The summed E-state index contributed by atoms with van der Waals surface area (Å²) in [6.45, 7) is 1.68. The Morgan fingerprint density at radius 3 is 2.90 bits per heavy atom. The standard InChI is InChI=1S/C10H9N5O5/c1-5-13-8(20-14-5)4-12-9-7(15(18)19)2-6(3-11-9)10(16)17/h2-3H,4H2,1H3,(H,11,12)(H,16,17). The maximum atomic E-state index is 10.9. The van der Waals surface area contributed by atoms with Crippen LogP contribution in [0.1, 0.15) is 22.1 Å². The van der Waals surface area contributed by atoms with Gasteiger partial charge in [0.15, 0.2) is 5.82 Å². The lowest BCUT2D eigenvalue weighted by atomic mass is 10.2. The molecule has 0 saturated carbocycles. The van der Waals surface area contributed by atoms with Crippen LogP contribution in [0.4, 0.5) is 11.5 Å². The summed E-state index contributed by atoms with van der Waals surface area (Å²) in [6.07, 6.45) is 1.02. The van der Waals surface area contributed by atoms with Gasteiger partial charge in [-0.25, -0.2) is 9.78 Å². The van der Waals surface area contributed by atoms with Gasteiger partial charge in [0.25, 0.3) is 0 Å². The number of pyridine rings is 1. The lowest BCUT2D eigenvalue weighted by molar-refractivity contribution is -0.384. The quantitative estimate of drug-likeness (QED) is 0.604. The van der Waals surface area contributed by atoms with Gasteiger partial charge in [-0.3, -0.25) is 10.1 Å². The lowest BCUT2D eigenvalue weighted by Gasteiger charge is -2.04. The zero-order chi connectivity index (χ0) is 14.7. The number of hydrogen-bond donors (Lipinski definition) is 2. The number of rotatable bonds is 5. The molecule has 2 heterocycles. The first kappa shape index (κ1) is 13.4. The van der Waals surface area contributed by atoms with E-state index in [-0.39, 0.29) is 23.8 Å². The summed E-state index contributed by atoms with van der Waals surface area (Å²) in [5, 5.41) is 25.9. The Morgan fingerprint density at radius 1 is 1.60 bits per heavy atom. The zero-order valence-corrected chi connectivity index (χ0v) is 10.2. The molecule has 2 rings (SSSR count). The number of carbonyl (C=O) groups is 1. The van der Waals surface area contributed by atoms with Crippen LogP contribution in [-0.2, 0) is 6.54 Å². The number of anilines is 1. The van der Waals surface area contributed by atoms with Crippen molar-refractivity contribution in [2.75, 3.05) is 5.32 Å². The molecule has 2 aromatic heterocycles. The summed E-state index contributed by atoms with van der Waals surface area (Å²) in [7, 11) is 0. The van der Waals surface area contributed by atoms with Crippen molar-refractivity contribution >= 4 is 17.5 Å². The van der Waals surface area contributed by atoms with Gasteiger partial charge in [0, 0.05) is 12.3 Å². The van der Waals surface area contributed by atoms with Crippen molar-refractivity contribution in [1.82, 2.24) is 15.1 Å². The monoisotopic (exact) mass is 279 g/mol. The Balaban J connectivity index is 2.22. The van der Waals surface area contributed by atoms with E-state index in [1.807, 2.05) is 0 Å². The van der Waals surface area contributed by atoms with E-state index in [2.05, 4.69) is 20.4 Å². The Bertz CT molecular complexity index is 668. The minimum absolute atomic E-state index is 0.0428. The molecular weight excluding hydrogens is 270 g/mol. The number of aromatic nitrogens is 3. The highest BCUT2D eigenvalue weighted by molar-refractivity contribution is 5.88. The summed E-state index contributed by atoms with van der Waals surface area (Å²) in [5.74, 6) is -0.693. The van der Waals surface area contributed by atoms with Crippen LogP contribution in [0.2, 0.25) is 0 Å². The molecule has 104 valence electrons. The summed E-state index contributed by atoms with van der Waals surface area (Å²) < 4.78 is 4.83. The predicted octanol–water partition coefficient (Wildman–Crippen LogP) is 0.992. The maximum Gasteiger partial charge on any atom is 0.337 e. The van der Waals surface area contributed by atoms with Crippen LogP contribution in [0.5, 0.6) is 0 Å². The molecule has 0 bridgehead atoms. The van der Waals surface area contributed by atoms with Crippen LogP contribution in [0.25, 0.3) is 0 Å². The van der Waals surface area contributed by atoms with E-state index in [0.717, 1.165) is 12.3 Å². The third-order valence-electron chi connectivity index (χ3n) is 2.29. The van der Waals surface area contributed by atoms with Crippen molar-refractivity contribution < 1.29 is 19.3 Å². The highest BCUT2D eigenvalue weighted by Crippen LogP contribution is 2.23. The van der Waals surface area contributed by atoms with Gasteiger partial charge in [0.2, 0.25) is 11.7 Å². The Morgan fingerprint density at radius 2 is 2.35 bits per heavy atom. The van der Waals surface area contributed by atoms with Crippen molar-refractivity contribution in [2.24, 2.45) is 0 Å². The van der Waals surface area contributed by atoms with E-state index in [4.69, 9.17) is 9.63 Å². The molecule has 10 heteroatoms. The van der Waals surface area contributed by atoms with E-state index < -0.39 is 16.6 Å². The van der Waals surface area contributed by atoms with Crippen LogP contribution in [0, 0.1) is 17.0 Å². The fourth-order valence-corrected chi connectivity index (χ4v) is 1.42. The smallest absolute Gasteiger partial charge is 0.337 e. The molecule has 0 aliphatic carbocycles. The Labute approximate surface area is 111 Å². The van der Waals surface area contributed by atoms with Crippen LogP contribution in [0.3, 0.4) is 0 Å². The number of nitrogens with zero attached hydrogens (tertiary/aromatic N) is 4. The second-order valence-electron chi connectivity index (χ2n) is 3.74. The van der Waals surface area contributed by atoms with Crippen molar-refractivity contribution in [3.05, 3.63) is 39.7 Å². The number of nitrogens with one attached hydrogen (secondary N) is 1. The number of hydrogen-bond acceptors (Lipinski definition) is 8. The highest BCUT2D eigenvalue weighted by Gasteiger charge is 2.19. The average Bonchev–Trinajstić information content (AvgIpc) is 2.81. The molecule has 0 radical (unpaired) electrons. The van der Waals surface area contributed by atoms with Crippen molar-refractivity contribution in [3.63, 3.8) is 0 Å². The second kappa shape index (κ2) is 5.30. The molecular formula is C10H9N5O5. The summed E-state index contributed by atoms with van der Waals surface area (Å²) in [6, 6.07) is 0.927. The van der Waals surface area contributed by atoms with Crippen molar-refractivity contribution in [3.8, 4) is 0 Å². The topological polar surface area (TPSA) is 144 Å². The van der Waals surface area contributed by atoms with Gasteiger partial charge in [0.05, 0.1) is 17.0 Å². The number of aromatic carboxylic acids is 1. The second-order valence-corrected chi connectivity index (χ2v) is 3.74. The van der Waals surface area contributed by atoms with Gasteiger partial charge in [-0.05, 0) is 6.92 Å². The molecule has 0 saturated heterocycles. The van der Waals surface area contributed by atoms with E-state index in [9.17, 15) is 14.9 Å². The molecule has 0 aliphatic heterocycles. The first-order valence-corrected chi connectivity index (χ1v) is 5.38. The van der Waals surface area contributed by atoms with Gasteiger partial charge in [0.1, 0.15) is 0 Å². The minimum Gasteiger partial charge on any atom is -0.478 e. The molecule has 2 aromatic rings. The van der Waals surface area contributed by atoms with Gasteiger partial charge >= 0.3 is 11.7 Å². The first-order chi connectivity index (χ1) is 9.47. The van der Waals surface area contributed by atoms with Crippen molar-refractivity contribution in [1.29, 1.82) is 0 Å². The largest absolute Gasteiger partial charge is 0.478 e. The molecule has 10 nitrogen and oxygen atoms in total. The van der Waals surface area contributed by atoms with Gasteiger partial charge < -0.3 is 14.9 Å². The molecule has 0 atom stereocenters. The number of carboxylic acid groups (broad SMARTS) is 1. The average molecular weight is 279 g/mol. The summed E-state index contributed by atoms with van der Waals surface area (Å²) >= 11 is 0. The molecule has 0 unspecified atom stereocenters. The fourth-order valence-electron chi connectivity index (χ4n) is 1.42. The molecule has 20 heavy (non-hydrogen) atoms. The van der Waals surface area contributed by atoms with Crippen molar-refractivity contribution in [2.45, 2.75) is 13.5 Å². The third kappa shape index (κ3) is 2.85. The first-order valence-electron chi connectivity index (χ1n) is 5.38. The molecule has 0 aromatic carbocycles. The van der Waals surface area contributed by atoms with Crippen LogP contribution >= 0.6 is 0 Å². The van der Waals surface area contributed by atoms with Gasteiger partial charge in [-0.15, -0.1) is 0 Å². The number of nitro groups is 1. The summed E-state index contributed by atoms with van der Waals surface area (Å²) in [5.41, 5.74) is -0.711. The minimum atomic E-state index is -1.29. The summed E-state index contributed by atoms with van der Waals surface area (Å²) in [4.78, 5) is 28.6. The van der Waals surface area contributed by atoms with Crippen LogP contribution in [-0.4, -0.2) is 31.1 Å². The highest BCUT2D eigenvalue weighted by atomic mass is 16.6. The molecule has 0 amide bonds. The third-order valence-corrected chi connectivity index (χ3v) is 2.29. The Hall–Kier alpha value is -3.04. The molecule has 0 spiro atoms. The van der Waals surface area contributed by atoms with E-state index in [1.54, 1.807) is 6.92 Å².